The molecule has 2 atom stereocenters. The zero-order valence-electron chi connectivity index (χ0n) is 10.8. The Bertz CT molecular complexity index is 181. The van der Waals surface area contributed by atoms with Gasteiger partial charge in [0, 0.05) is 12.1 Å². The molecule has 0 aromatic rings. The SMILES string of the molecule is CNC(CC1CCCCN1)C1CCCCC1. The maximum Gasteiger partial charge on any atom is 0.0107 e. The summed E-state index contributed by atoms with van der Waals surface area (Å²) in [6.07, 6.45) is 12.8. The largest absolute Gasteiger partial charge is 0.317 e. The van der Waals surface area contributed by atoms with E-state index in [0.717, 1.165) is 18.0 Å². The van der Waals surface area contributed by atoms with Crippen LogP contribution < -0.4 is 10.6 Å². The van der Waals surface area contributed by atoms with Crippen LogP contribution in [0.2, 0.25) is 0 Å². The van der Waals surface area contributed by atoms with E-state index in [2.05, 4.69) is 17.7 Å². The molecule has 0 radical (unpaired) electrons. The molecule has 2 rings (SSSR count). The van der Waals surface area contributed by atoms with Crippen molar-refractivity contribution in [2.75, 3.05) is 13.6 Å². The second-order valence-corrected chi connectivity index (χ2v) is 5.68. The molecule has 2 nitrogen and oxygen atoms in total. The van der Waals surface area contributed by atoms with Gasteiger partial charge in [-0.1, -0.05) is 25.7 Å². The average molecular weight is 224 g/mol. The van der Waals surface area contributed by atoms with Crippen LogP contribution in [0.25, 0.3) is 0 Å². The molecule has 0 amide bonds. The van der Waals surface area contributed by atoms with Crippen LogP contribution in [0.1, 0.15) is 57.8 Å². The highest BCUT2D eigenvalue weighted by atomic mass is 14.9. The van der Waals surface area contributed by atoms with Crippen LogP contribution in [-0.4, -0.2) is 25.7 Å². The quantitative estimate of drug-likeness (QED) is 0.767. The van der Waals surface area contributed by atoms with E-state index in [1.165, 1.54) is 64.3 Å². The summed E-state index contributed by atoms with van der Waals surface area (Å²) in [7, 11) is 2.15. The number of nitrogens with one attached hydrogen (secondary N) is 2. The normalized spacial score (nSPS) is 30.2. The van der Waals surface area contributed by atoms with E-state index in [4.69, 9.17) is 0 Å². The highest BCUT2D eigenvalue weighted by Crippen LogP contribution is 2.29. The molecule has 0 aromatic carbocycles. The number of hydrogen-bond acceptors (Lipinski definition) is 2. The van der Waals surface area contributed by atoms with Gasteiger partial charge in [-0.05, 0) is 51.6 Å². The molecule has 1 saturated heterocycles. The van der Waals surface area contributed by atoms with Crippen molar-refractivity contribution in [2.24, 2.45) is 5.92 Å². The minimum absolute atomic E-state index is 0.760. The van der Waals surface area contributed by atoms with Crippen LogP contribution in [0.4, 0.5) is 0 Å². The van der Waals surface area contributed by atoms with Gasteiger partial charge < -0.3 is 10.6 Å². The molecule has 16 heavy (non-hydrogen) atoms. The lowest BCUT2D eigenvalue weighted by Crippen LogP contribution is -2.43. The summed E-state index contributed by atoms with van der Waals surface area (Å²) < 4.78 is 0. The maximum absolute atomic E-state index is 3.68. The number of piperidine rings is 1. The standard InChI is InChI=1S/C14H28N2/c1-15-14(12-7-3-2-4-8-12)11-13-9-5-6-10-16-13/h12-16H,2-11H2,1H3. The minimum Gasteiger partial charge on any atom is -0.317 e. The topological polar surface area (TPSA) is 24.1 Å². The van der Waals surface area contributed by atoms with Gasteiger partial charge >= 0.3 is 0 Å². The van der Waals surface area contributed by atoms with Gasteiger partial charge in [-0.2, -0.15) is 0 Å². The number of hydrogen-bond donors (Lipinski definition) is 2. The Balaban J connectivity index is 1.78. The van der Waals surface area contributed by atoms with E-state index in [-0.39, 0.29) is 0 Å². The Morgan fingerprint density at radius 1 is 1.06 bits per heavy atom. The lowest BCUT2D eigenvalue weighted by molar-refractivity contribution is 0.237. The van der Waals surface area contributed by atoms with Crippen molar-refractivity contribution in [3.63, 3.8) is 0 Å². The molecule has 0 bridgehead atoms. The van der Waals surface area contributed by atoms with Crippen LogP contribution >= 0.6 is 0 Å². The van der Waals surface area contributed by atoms with E-state index >= 15 is 0 Å². The highest BCUT2D eigenvalue weighted by Gasteiger charge is 2.25. The molecule has 1 aliphatic carbocycles. The molecular formula is C14H28N2. The Kier molecular flexibility index (Phi) is 5.11. The van der Waals surface area contributed by atoms with E-state index < -0.39 is 0 Å². The van der Waals surface area contributed by atoms with E-state index in [9.17, 15) is 0 Å². The van der Waals surface area contributed by atoms with Crippen molar-refractivity contribution in [3.8, 4) is 0 Å². The summed E-state index contributed by atoms with van der Waals surface area (Å²) in [5, 5.41) is 7.26. The fraction of sp³-hybridized carbons (Fsp3) is 1.00. The first-order valence-corrected chi connectivity index (χ1v) is 7.31. The van der Waals surface area contributed by atoms with Crippen LogP contribution in [0.15, 0.2) is 0 Å². The van der Waals surface area contributed by atoms with Gasteiger partial charge in [0.2, 0.25) is 0 Å². The predicted molar refractivity (Wildman–Crippen MR) is 69.7 cm³/mol. The summed E-state index contributed by atoms with van der Waals surface area (Å²) in [6.45, 7) is 1.24. The predicted octanol–water partition coefficient (Wildman–Crippen LogP) is 2.69. The molecule has 1 aliphatic heterocycles. The molecule has 0 spiro atoms. The zero-order valence-corrected chi connectivity index (χ0v) is 10.8. The van der Waals surface area contributed by atoms with E-state index in [1.807, 2.05) is 0 Å². The summed E-state index contributed by atoms with van der Waals surface area (Å²) in [5.41, 5.74) is 0. The zero-order chi connectivity index (χ0) is 11.2. The third kappa shape index (κ3) is 3.46. The highest BCUT2D eigenvalue weighted by molar-refractivity contribution is 4.84. The van der Waals surface area contributed by atoms with Gasteiger partial charge in [-0.3, -0.25) is 0 Å². The first-order chi connectivity index (χ1) is 7.90. The summed E-state index contributed by atoms with van der Waals surface area (Å²) in [6, 6.07) is 1.55. The summed E-state index contributed by atoms with van der Waals surface area (Å²) in [5.74, 6) is 0.947. The van der Waals surface area contributed by atoms with Gasteiger partial charge in [0.25, 0.3) is 0 Å². The van der Waals surface area contributed by atoms with Crippen molar-refractivity contribution in [2.45, 2.75) is 69.9 Å². The monoisotopic (exact) mass is 224 g/mol. The fourth-order valence-electron chi connectivity index (χ4n) is 3.51. The van der Waals surface area contributed by atoms with E-state index in [0.29, 0.717) is 0 Å². The van der Waals surface area contributed by atoms with Gasteiger partial charge in [-0.25, -0.2) is 0 Å². The smallest absolute Gasteiger partial charge is 0.0107 e. The third-order valence-electron chi connectivity index (χ3n) is 4.54. The van der Waals surface area contributed by atoms with Crippen LogP contribution in [0, 0.1) is 5.92 Å². The second kappa shape index (κ2) is 6.61. The van der Waals surface area contributed by atoms with Gasteiger partial charge in [0.05, 0.1) is 0 Å². The van der Waals surface area contributed by atoms with E-state index in [1.54, 1.807) is 0 Å². The molecule has 1 saturated carbocycles. The Hall–Kier alpha value is -0.0800. The Morgan fingerprint density at radius 2 is 1.81 bits per heavy atom. The van der Waals surface area contributed by atoms with Gasteiger partial charge in [0.15, 0.2) is 0 Å². The average Bonchev–Trinajstić information content (AvgIpc) is 2.38. The van der Waals surface area contributed by atoms with Crippen molar-refractivity contribution in [3.05, 3.63) is 0 Å². The molecular weight excluding hydrogens is 196 g/mol. The van der Waals surface area contributed by atoms with Crippen molar-refractivity contribution < 1.29 is 0 Å². The molecule has 94 valence electrons. The molecule has 2 unspecified atom stereocenters. The van der Waals surface area contributed by atoms with Crippen LogP contribution in [0.5, 0.6) is 0 Å². The second-order valence-electron chi connectivity index (χ2n) is 5.68. The summed E-state index contributed by atoms with van der Waals surface area (Å²) in [4.78, 5) is 0. The Labute approximate surface area is 101 Å². The van der Waals surface area contributed by atoms with Crippen molar-refractivity contribution in [1.82, 2.24) is 10.6 Å². The maximum atomic E-state index is 3.68. The van der Waals surface area contributed by atoms with Crippen LogP contribution in [-0.2, 0) is 0 Å². The molecule has 2 aliphatic rings. The molecule has 0 aromatic heterocycles. The first-order valence-electron chi connectivity index (χ1n) is 7.31. The minimum atomic E-state index is 0.760. The summed E-state index contributed by atoms with van der Waals surface area (Å²) >= 11 is 0. The lowest BCUT2D eigenvalue weighted by atomic mass is 9.81. The molecule has 2 heteroatoms. The van der Waals surface area contributed by atoms with Crippen molar-refractivity contribution in [1.29, 1.82) is 0 Å². The van der Waals surface area contributed by atoms with Crippen LogP contribution in [0.3, 0.4) is 0 Å². The Morgan fingerprint density at radius 3 is 2.44 bits per heavy atom. The van der Waals surface area contributed by atoms with Gasteiger partial charge in [-0.15, -0.1) is 0 Å². The third-order valence-corrected chi connectivity index (χ3v) is 4.54. The van der Waals surface area contributed by atoms with Gasteiger partial charge in [0.1, 0.15) is 0 Å². The number of rotatable bonds is 4. The lowest BCUT2D eigenvalue weighted by Gasteiger charge is -2.34. The first kappa shape index (κ1) is 12.4. The molecule has 1 heterocycles. The molecule has 2 N–H and O–H groups in total. The molecule has 2 fully saturated rings. The van der Waals surface area contributed by atoms with Crippen molar-refractivity contribution >= 4 is 0 Å². The fourth-order valence-corrected chi connectivity index (χ4v) is 3.51.